The van der Waals surface area contributed by atoms with Crippen molar-refractivity contribution in [1.82, 2.24) is 4.40 Å². The minimum absolute atomic E-state index is 0.553. The molecule has 7 aromatic rings. The first kappa shape index (κ1) is 17.8. The summed E-state index contributed by atoms with van der Waals surface area (Å²) in [4.78, 5) is 0. The van der Waals surface area contributed by atoms with Gasteiger partial charge in [0.25, 0.3) is 0 Å². The van der Waals surface area contributed by atoms with Crippen molar-refractivity contribution in [3.63, 3.8) is 0 Å². The van der Waals surface area contributed by atoms with Crippen LogP contribution in [0.4, 0.5) is 0 Å². The van der Waals surface area contributed by atoms with E-state index in [1.807, 2.05) is 0 Å². The Morgan fingerprint density at radius 3 is 2.12 bits per heavy atom. The van der Waals surface area contributed by atoms with Crippen molar-refractivity contribution in [2.75, 3.05) is 0 Å². The highest BCUT2D eigenvalue weighted by Crippen LogP contribution is 2.42. The van der Waals surface area contributed by atoms with Crippen molar-refractivity contribution in [3.05, 3.63) is 103 Å². The minimum atomic E-state index is 0.553. The van der Waals surface area contributed by atoms with Crippen LogP contribution in [-0.2, 0) is 0 Å². The molecule has 0 atom stereocenters. The van der Waals surface area contributed by atoms with Gasteiger partial charge in [-0.3, -0.25) is 0 Å². The highest BCUT2D eigenvalue weighted by Gasteiger charge is 2.18. The lowest BCUT2D eigenvalue weighted by molar-refractivity contribution is 0.867. The Kier molecular flexibility index (Phi) is 3.52. The van der Waals surface area contributed by atoms with Crippen molar-refractivity contribution in [1.29, 1.82) is 0 Å². The predicted octanol–water partition coefficient (Wildman–Crippen LogP) is 8.78. The van der Waals surface area contributed by atoms with Crippen LogP contribution in [0.1, 0.15) is 25.3 Å². The maximum Gasteiger partial charge on any atom is 0.0620 e. The van der Waals surface area contributed by atoms with Gasteiger partial charge in [0.1, 0.15) is 0 Å². The van der Waals surface area contributed by atoms with E-state index in [9.17, 15) is 0 Å². The number of hydrogen-bond acceptors (Lipinski definition) is 0. The van der Waals surface area contributed by atoms with Crippen LogP contribution in [0, 0.1) is 0 Å². The fraction of sp³-hybridized carbons (Fsp3) is 0.0968. The molecule has 0 radical (unpaired) electrons. The molecule has 0 fully saturated rings. The first-order valence-electron chi connectivity index (χ1n) is 11.4. The smallest absolute Gasteiger partial charge is 0.0620 e. The standard InChI is InChI=1S/C31H23N/c1-19(2)20-10-12-21(13-11-20)23-15-16-28-27(18-23)25-8-5-9-26-30-24-7-4-3-6-22(24)14-17-29(30)32(28)31(25)26/h3-19H,1-2H3. The number of nitrogens with zero attached hydrogens (tertiary/aromatic N) is 1. The number of fused-ring (bicyclic) bond motifs is 8. The van der Waals surface area contributed by atoms with Crippen LogP contribution in [0.5, 0.6) is 0 Å². The van der Waals surface area contributed by atoms with Gasteiger partial charge >= 0.3 is 0 Å². The van der Waals surface area contributed by atoms with E-state index in [-0.39, 0.29) is 0 Å². The number of hydrogen-bond donors (Lipinski definition) is 0. The number of benzene rings is 5. The fourth-order valence-corrected chi connectivity index (χ4v) is 5.49. The maximum absolute atomic E-state index is 2.47. The maximum atomic E-state index is 2.47. The Hall–Kier alpha value is -3.84. The van der Waals surface area contributed by atoms with Gasteiger partial charge in [0, 0.05) is 21.5 Å². The third-order valence-corrected chi connectivity index (χ3v) is 7.12. The highest BCUT2D eigenvalue weighted by molar-refractivity contribution is 6.28. The molecule has 1 heteroatoms. The van der Waals surface area contributed by atoms with Gasteiger partial charge in [0.15, 0.2) is 0 Å². The Morgan fingerprint density at radius 2 is 1.28 bits per heavy atom. The summed E-state index contributed by atoms with van der Waals surface area (Å²) in [5.41, 5.74) is 7.84. The van der Waals surface area contributed by atoms with Crippen molar-refractivity contribution in [2.45, 2.75) is 19.8 Å². The van der Waals surface area contributed by atoms with Crippen molar-refractivity contribution >= 4 is 48.9 Å². The molecule has 7 rings (SSSR count). The normalized spacial score (nSPS) is 12.3. The summed E-state index contributed by atoms with van der Waals surface area (Å²) in [7, 11) is 0. The van der Waals surface area contributed by atoms with E-state index in [4.69, 9.17) is 0 Å². The van der Waals surface area contributed by atoms with E-state index < -0.39 is 0 Å². The van der Waals surface area contributed by atoms with Crippen LogP contribution in [-0.4, -0.2) is 4.40 Å². The van der Waals surface area contributed by atoms with Crippen LogP contribution in [0.2, 0.25) is 0 Å². The number of rotatable bonds is 2. The van der Waals surface area contributed by atoms with Gasteiger partial charge in [0.05, 0.1) is 16.6 Å². The van der Waals surface area contributed by atoms with Crippen molar-refractivity contribution < 1.29 is 0 Å². The summed E-state index contributed by atoms with van der Waals surface area (Å²) in [6.45, 7) is 4.49. The summed E-state index contributed by atoms with van der Waals surface area (Å²) in [5, 5.41) is 7.98. The summed E-state index contributed by atoms with van der Waals surface area (Å²) in [6.07, 6.45) is 0. The molecule has 0 spiro atoms. The van der Waals surface area contributed by atoms with Gasteiger partial charge < -0.3 is 4.40 Å². The lowest BCUT2D eigenvalue weighted by Crippen LogP contribution is -1.87. The van der Waals surface area contributed by atoms with E-state index in [1.165, 1.54) is 65.6 Å². The Balaban J connectivity index is 1.56. The minimum Gasteiger partial charge on any atom is -0.308 e. The van der Waals surface area contributed by atoms with Crippen LogP contribution >= 0.6 is 0 Å². The average Bonchev–Trinajstić information content (AvgIpc) is 3.36. The number of aromatic nitrogens is 1. The summed E-state index contributed by atoms with van der Waals surface area (Å²) in [5.74, 6) is 0.553. The summed E-state index contributed by atoms with van der Waals surface area (Å²) < 4.78 is 2.47. The Bertz CT molecular complexity index is 1780. The predicted molar refractivity (Wildman–Crippen MR) is 138 cm³/mol. The van der Waals surface area contributed by atoms with Crippen LogP contribution in [0.15, 0.2) is 97.1 Å². The lowest BCUT2D eigenvalue weighted by atomic mass is 9.97. The molecule has 2 heterocycles. The van der Waals surface area contributed by atoms with Crippen molar-refractivity contribution in [2.24, 2.45) is 0 Å². The average molecular weight is 410 g/mol. The van der Waals surface area contributed by atoms with Gasteiger partial charge in [-0.1, -0.05) is 92.7 Å². The zero-order chi connectivity index (χ0) is 21.4. The Morgan fingerprint density at radius 1 is 0.562 bits per heavy atom. The summed E-state index contributed by atoms with van der Waals surface area (Å²) in [6, 6.07) is 36.0. The van der Waals surface area contributed by atoms with Gasteiger partial charge in [-0.25, -0.2) is 0 Å². The molecule has 5 aromatic carbocycles. The zero-order valence-corrected chi connectivity index (χ0v) is 18.3. The quantitative estimate of drug-likeness (QED) is 0.269. The largest absolute Gasteiger partial charge is 0.308 e. The third kappa shape index (κ3) is 2.28. The number of para-hydroxylation sites is 1. The first-order chi connectivity index (χ1) is 15.7. The second-order valence-corrected chi connectivity index (χ2v) is 9.23. The van der Waals surface area contributed by atoms with E-state index in [0.29, 0.717) is 5.92 Å². The SMILES string of the molecule is CC(C)c1ccc(-c2ccc3c(c2)c2cccc4c5c6ccccc6ccc5n3c24)cc1. The molecule has 1 nitrogen and oxygen atoms in total. The molecule has 0 unspecified atom stereocenters. The van der Waals surface area contributed by atoms with Crippen molar-refractivity contribution in [3.8, 4) is 11.1 Å². The van der Waals surface area contributed by atoms with E-state index in [0.717, 1.165) is 0 Å². The molecule has 0 amide bonds. The van der Waals surface area contributed by atoms with Gasteiger partial charge in [-0.15, -0.1) is 0 Å². The molecule has 0 N–H and O–H groups in total. The van der Waals surface area contributed by atoms with E-state index in [1.54, 1.807) is 0 Å². The molecule has 0 saturated carbocycles. The second kappa shape index (κ2) is 6.34. The zero-order valence-electron chi connectivity index (χ0n) is 18.3. The molecular formula is C31H23N. The first-order valence-corrected chi connectivity index (χ1v) is 11.4. The van der Waals surface area contributed by atoms with Crippen LogP contribution in [0.25, 0.3) is 60.0 Å². The molecule has 0 aliphatic heterocycles. The van der Waals surface area contributed by atoms with E-state index >= 15 is 0 Å². The molecular weight excluding hydrogens is 386 g/mol. The molecule has 2 aromatic heterocycles. The molecule has 152 valence electrons. The molecule has 0 bridgehead atoms. The monoisotopic (exact) mass is 409 g/mol. The van der Waals surface area contributed by atoms with Crippen LogP contribution in [0.3, 0.4) is 0 Å². The summed E-state index contributed by atoms with van der Waals surface area (Å²) >= 11 is 0. The van der Waals surface area contributed by atoms with Gasteiger partial charge in [0.2, 0.25) is 0 Å². The molecule has 32 heavy (non-hydrogen) atoms. The molecule has 0 saturated heterocycles. The molecule has 0 aliphatic rings. The topological polar surface area (TPSA) is 4.41 Å². The molecule has 0 aliphatic carbocycles. The fourth-order valence-electron chi connectivity index (χ4n) is 5.49. The van der Waals surface area contributed by atoms with Crippen LogP contribution < -0.4 is 0 Å². The lowest BCUT2D eigenvalue weighted by Gasteiger charge is -2.08. The van der Waals surface area contributed by atoms with Gasteiger partial charge in [-0.05, 0) is 51.6 Å². The third-order valence-electron chi connectivity index (χ3n) is 7.12. The Labute approximate surface area is 186 Å². The highest BCUT2D eigenvalue weighted by atomic mass is 14.9. The van der Waals surface area contributed by atoms with E-state index in [2.05, 4.69) is 115 Å². The second-order valence-electron chi connectivity index (χ2n) is 9.23. The van der Waals surface area contributed by atoms with Gasteiger partial charge in [-0.2, -0.15) is 0 Å².